The Morgan fingerprint density at radius 3 is 1.97 bits per heavy atom. The number of hydrogen-bond acceptors (Lipinski definition) is 3. The van der Waals surface area contributed by atoms with E-state index in [0.717, 1.165) is 22.5 Å². The number of para-hydroxylation sites is 1. The predicted molar refractivity (Wildman–Crippen MR) is 126 cm³/mol. The van der Waals surface area contributed by atoms with E-state index >= 15 is 0 Å². The van der Waals surface area contributed by atoms with E-state index < -0.39 is 0 Å². The molecule has 5 nitrogen and oxygen atoms in total. The number of amides is 2. The molecule has 0 aliphatic carbocycles. The quantitative estimate of drug-likeness (QED) is 0.445. The summed E-state index contributed by atoms with van der Waals surface area (Å²) < 4.78 is 0. The normalized spacial score (nSPS) is 20.1. The minimum absolute atomic E-state index is 0.0906. The molecule has 1 aliphatic heterocycles. The van der Waals surface area contributed by atoms with E-state index in [1.807, 2.05) is 89.8 Å². The van der Waals surface area contributed by atoms with Gasteiger partial charge in [-0.1, -0.05) is 84.9 Å². The van der Waals surface area contributed by atoms with Gasteiger partial charge in [-0.3, -0.25) is 15.2 Å². The van der Waals surface area contributed by atoms with Gasteiger partial charge in [-0.25, -0.2) is 4.79 Å². The van der Waals surface area contributed by atoms with Crippen LogP contribution in [0.15, 0.2) is 115 Å². The zero-order valence-electron chi connectivity index (χ0n) is 17.5. The van der Waals surface area contributed by atoms with Crippen molar-refractivity contribution in [2.75, 3.05) is 5.32 Å². The highest BCUT2D eigenvalue weighted by molar-refractivity contribution is 5.90. The van der Waals surface area contributed by atoms with E-state index in [1.165, 1.54) is 0 Å². The molecule has 3 atom stereocenters. The van der Waals surface area contributed by atoms with Gasteiger partial charge < -0.3 is 5.32 Å². The Bertz CT molecular complexity index is 1150. The molecule has 5 heteroatoms. The van der Waals surface area contributed by atoms with Crippen LogP contribution >= 0.6 is 0 Å². The van der Waals surface area contributed by atoms with Crippen molar-refractivity contribution in [2.45, 2.75) is 18.2 Å². The van der Waals surface area contributed by atoms with Crippen LogP contribution < -0.4 is 10.6 Å². The Morgan fingerprint density at radius 1 is 0.750 bits per heavy atom. The van der Waals surface area contributed by atoms with Crippen LogP contribution in [0.4, 0.5) is 10.5 Å². The van der Waals surface area contributed by atoms with Crippen molar-refractivity contribution in [1.29, 1.82) is 0 Å². The number of nitrogens with zero attached hydrogens (tertiary/aromatic N) is 2. The molecular weight excluding hydrogens is 396 g/mol. The fraction of sp³-hybridized carbons (Fsp3) is 0.111. The molecule has 1 fully saturated rings. The number of anilines is 1. The van der Waals surface area contributed by atoms with Crippen LogP contribution in [-0.4, -0.2) is 15.9 Å². The van der Waals surface area contributed by atoms with E-state index in [2.05, 4.69) is 39.9 Å². The Hall–Kier alpha value is -3.96. The molecule has 1 saturated heterocycles. The predicted octanol–water partition coefficient (Wildman–Crippen LogP) is 5.70. The summed E-state index contributed by atoms with van der Waals surface area (Å²) in [4.78, 5) is 20.2. The molecular formula is C27H24N4O. The SMILES string of the molecule is O=C(Nc1ccccc1)N1[C@@H](c2ccccn2)N[C@H](c2ccccc2)[C@H]1c1ccccc1. The second kappa shape index (κ2) is 9.04. The van der Waals surface area contributed by atoms with Gasteiger partial charge in [0.2, 0.25) is 0 Å². The molecule has 4 aromatic rings. The zero-order chi connectivity index (χ0) is 21.8. The van der Waals surface area contributed by atoms with Crippen molar-refractivity contribution in [3.05, 3.63) is 132 Å². The lowest BCUT2D eigenvalue weighted by atomic mass is 9.94. The van der Waals surface area contributed by atoms with E-state index in [1.54, 1.807) is 6.20 Å². The highest BCUT2D eigenvalue weighted by Crippen LogP contribution is 2.45. The Morgan fingerprint density at radius 2 is 1.34 bits per heavy atom. The summed E-state index contributed by atoms with van der Waals surface area (Å²) in [5, 5.41) is 6.77. The topological polar surface area (TPSA) is 57.3 Å². The van der Waals surface area contributed by atoms with Crippen LogP contribution in [-0.2, 0) is 0 Å². The first-order valence-corrected chi connectivity index (χ1v) is 10.7. The number of benzene rings is 3. The minimum Gasteiger partial charge on any atom is -0.308 e. The number of nitrogens with one attached hydrogen (secondary N) is 2. The van der Waals surface area contributed by atoms with Gasteiger partial charge in [0.1, 0.15) is 6.17 Å². The molecule has 3 aromatic carbocycles. The lowest BCUT2D eigenvalue weighted by Gasteiger charge is -2.31. The molecule has 2 N–H and O–H groups in total. The molecule has 158 valence electrons. The van der Waals surface area contributed by atoms with Crippen LogP contribution in [0.3, 0.4) is 0 Å². The van der Waals surface area contributed by atoms with Gasteiger partial charge >= 0.3 is 6.03 Å². The van der Waals surface area contributed by atoms with E-state index in [9.17, 15) is 4.79 Å². The number of carbonyl (C=O) groups is 1. The maximum absolute atomic E-state index is 13.7. The second-order valence-electron chi connectivity index (χ2n) is 7.77. The van der Waals surface area contributed by atoms with Gasteiger partial charge in [-0.2, -0.15) is 0 Å². The molecule has 1 aromatic heterocycles. The highest BCUT2D eigenvalue weighted by Gasteiger charge is 2.46. The molecule has 0 radical (unpaired) electrons. The van der Waals surface area contributed by atoms with Gasteiger partial charge in [-0.05, 0) is 35.4 Å². The largest absolute Gasteiger partial charge is 0.324 e. The zero-order valence-corrected chi connectivity index (χ0v) is 17.5. The smallest absolute Gasteiger partial charge is 0.308 e. The number of aromatic nitrogens is 1. The number of carbonyl (C=O) groups excluding carboxylic acids is 1. The fourth-order valence-electron chi connectivity index (χ4n) is 4.32. The van der Waals surface area contributed by atoms with Crippen LogP contribution in [0.2, 0.25) is 0 Å². The summed E-state index contributed by atoms with van der Waals surface area (Å²) in [5.74, 6) is 0. The summed E-state index contributed by atoms with van der Waals surface area (Å²) in [6, 6.07) is 35.3. The van der Waals surface area contributed by atoms with Crippen LogP contribution in [0.5, 0.6) is 0 Å². The van der Waals surface area contributed by atoms with E-state index in [0.29, 0.717) is 0 Å². The maximum Gasteiger partial charge on any atom is 0.324 e. The number of hydrogen-bond donors (Lipinski definition) is 2. The van der Waals surface area contributed by atoms with Crippen LogP contribution in [0.1, 0.15) is 35.1 Å². The lowest BCUT2D eigenvalue weighted by molar-refractivity contribution is 0.181. The van der Waals surface area contributed by atoms with Crippen molar-refractivity contribution in [3.8, 4) is 0 Å². The summed E-state index contributed by atoms with van der Waals surface area (Å²) >= 11 is 0. The second-order valence-corrected chi connectivity index (χ2v) is 7.77. The summed E-state index contributed by atoms with van der Waals surface area (Å²) in [6.07, 6.45) is 1.38. The van der Waals surface area contributed by atoms with Gasteiger partial charge in [0.25, 0.3) is 0 Å². The average molecular weight is 421 g/mol. The molecule has 2 heterocycles. The minimum atomic E-state index is -0.379. The van der Waals surface area contributed by atoms with Crippen LogP contribution in [0.25, 0.3) is 0 Å². The van der Waals surface area contributed by atoms with Crippen molar-refractivity contribution < 1.29 is 4.79 Å². The first kappa shape index (κ1) is 20.0. The van der Waals surface area contributed by atoms with Crippen molar-refractivity contribution in [1.82, 2.24) is 15.2 Å². The summed E-state index contributed by atoms with van der Waals surface area (Å²) in [5.41, 5.74) is 3.75. The van der Waals surface area contributed by atoms with Crippen LogP contribution in [0, 0.1) is 0 Å². The Kier molecular flexibility index (Phi) is 5.64. The van der Waals surface area contributed by atoms with Crippen molar-refractivity contribution >= 4 is 11.7 Å². The molecule has 5 rings (SSSR count). The van der Waals surface area contributed by atoms with Gasteiger partial charge in [0.05, 0.1) is 17.8 Å². The number of rotatable bonds is 4. The summed E-state index contributed by atoms with van der Waals surface area (Å²) in [6.45, 7) is 0. The van der Waals surface area contributed by atoms with Gasteiger partial charge in [-0.15, -0.1) is 0 Å². The monoisotopic (exact) mass is 420 g/mol. The molecule has 2 amide bonds. The van der Waals surface area contributed by atoms with Crippen molar-refractivity contribution in [2.24, 2.45) is 0 Å². The first-order chi connectivity index (χ1) is 15.8. The highest BCUT2D eigenvalue weighted by atomic mass is 16.2. The molecule has 0 bridgehead atoms. The van der Waals surface area contributed by atoms with Gasteiger partial charge in [0, 0.05) is 11.9 Å². The third kappa shape index (κ3) is 3.98. The maximum atomic E-state index is 13.7. The lowest BCUT2D eigenvalue weighted by Crippen LogP contribution is -2.38. The van der Waals surface area contributed by atoms with Gasteiger partial charge in [0.15, 0.2) is 0 Å². The average Bonchev–Trinajstić information content (AvgIpc) is 3.27. The number of urea groups is 1. The van der Waals surface area contributed by atoms with Crippen molar-refractivity contribution in [3.63, 3.8) is 0 Å². The standard InChI is InChI=1S/C27H24N4O/c32-27(29-22-16-8-3-9-17-22)31-25(21-14-6-2-7-15-21)24(20-12-4-1-5-13-20)30-26(31)23-18-10-11-19-28-23/h1-19,24-26,30H,(H,29,32)/t24-,25-,26+/m1/s1. The third-order valence-electron chi connectivity index (χ3n) is 5.76. The molecule has 0 unspecified atom stereocenters. The molecule has 0 saturated carbocycles. The first-order valence-electron chi connectivity index (χ1n) is 10.7. The van der Waals surface area contributed by atoms with E-state index in [4.69, 9.17) is 0 Å². The Balaban J connectivity index is 1.61. The number of pyridine rings is 1. The molecule has 1 aliphatic rings. The molecule has 0 spiro atoms. The molecule has 32 heavy (non-hydrogen) atoms. The third-order valence-corrected chi connectivity index (χ3v) is 5.76. The van der Waals surface area contributed by atoms with E-state index in [-0.39, 0.29) is 24.3 Å². The summed E-state index contributed by atoms with van der Waals surface area (Å²) in [7, 11) is 0. The fourth-order valence-corrected chi connectivity index (χ4v) is 4.32. The Labute approximate surface area is 187 Å².